The minimum absolute atomic E-state index is 0.697. The van der Waals surface area contributed by atoms with Gasteiger partial charge in [-0.05, 0) is 24.6 Å². The fraction of sp³-hybridized carbons (Fsp3) is 0.400. The molecule has 0 radical (unpaired) electrons. The Morgan fingerprint density at radius 2 is 1.94 bits per heavy atom. The molecule has 0 atom stereocenters. The van der Waals surface area contributed by atoms with Crippen molar-refractivity contribution >= 4 is 10.9 Å². The SMILES string of the molecule is CC(C)CN(C)Cc1cccc2cccnc12. The maximum absolute atomic E-state index is 4.49. The first-order valence-electron chi connectivity index (χ1n) is 6.18. The predicted octanol–water partition coefficient (Wildman–Crippen LogP) is 3.32. The molecular formula is C15H20N2. The monoisotopic (exact) mass is 228 g/mol. The molecule has 1 heterocycles. The summed E-state index contributed by atoms with van der Waals surface area (Å²) in [5, 5.41) is 1.22. The van der Waals surface area contributed by atoms with Gasteiger partial charge >= 0.3 is 0 Å². The van der Waals surface area contributed by atoms with Crippen LogP contribution in [0.3, 0.4) is 0 Å². The Morgan fingerprint density at radius 3 is 2.71 bits per heavy atom. The van der Waals surface area contributed by atoms with Crippen LogP contribution in [-0.4, -0.2) is 23.5 Å². The van der Waals surface area contributed by atoms with Gasteiger partial charge in [-0.2, -0.15) is 0 Å². The van der Waals surface area contributed by atoms with Crippen molar-refractivity contribution in [3.8, 4) is 0 Å². The van der Waals surface area contributed by atoms with Crippen molar-refractivity contribution in [2.24, 2.45) is 5.92 Å². The number of aromatic nitrogens is 1. The highest BCUT2D eigenvalue weighted by molar-refractivity contribution is 5.81. The number of hydrogen-bond donors (Lipinski definition) is 0. The number of nitrogens with zero attached hydrogens (tertiary/aromatic N) is 2. The number of hydrogen-bond acceptors (Lipinski definition) is 2. The first kappa shape index (κ1) is 12.1. The smallest absolute Gasteiger partial charge is 0.0746 e. The van der Waals surface area contributed by atoms with Gasteiger partial charge in [0.25, 0.3) is 0 Å². The molecule has 0 bridgehead atoms. The molecule has 17 heavy (non-hydrogen) atoms. The third kappa shape index (κ3) is 3.04. The van der Waals surface area contributed by atoms with Crippen molar-refractivity contribution in [1.29, 1.82) is 0 Å². The molecule has 0 unspecified atom stereocenters. The van der Waals surface area contributed by atoms with Crippen LogP contribution in [0.15, 0.2) is 36.5 Å². The summed E-state index contributed by atoms with van der Waals surface area (Å²) in [6, 6.07) is 10.5. The van der Waals surface area contributed by atoms with Crippen molar-refractivity contribution in [3.05, 3.63) is 42.1 Å². The number of pyridine rings is 1. The fourth-order valence-electron chi connectivity index (χ4n) is 2.27. The highest BCUT2D eigenvalue weighted by Crippen LogP contribution is 2.17. The van der Waals surface area contributed by atoms with E-state index in [9.17, 15) is 0 Å². The molecule has 0 saturated heterocycles. The van der Waals surface area contributed by atoms with Crippen LogP contribution < -0.4 is 0 Å². The summed E-state index contributed by atoms with van der Waals surface area (Å²) in [6.07, 6.45) is 1.87. The zero-order valence-corrected chi connectivity index (χ0v) is 10.9. The summed E-state index contributed by atoms with van der Waals surface area (Å²) in [5.74, 6) is 0.697. The second kappa shape index (κ2) is 5.28. The largest absolute Gasteiger partial charge is 0.302 e. The average molecular weight is 228 g/mol. The molecule has 0 spiro atoms. The summed E-state index contributed by atoms with van der Waals surface area (Å²) in [5.41, 5.74) is 2.44. The van der Waals surface area contributed by atoms with Crippen molar-refractivity contribution in [2.75, 3.05) is 13.6 Å². The predicted molar refractivity (Wildman–Crippen MR) is 72.9 cm³/mol. The third-order valence-corrected chi connectivity index (χ3v) is 2.83. The van der Waals surface area contributed by atoms with E-state index >= 15 is 0 Å². The quantitative estimate of drug-likeness (QED) is 0.798. The van der Waals surface area contributed by atoms with Gasteiger partial charge in [0.05, 0.1) is 5.52 Å². The van der Waals surface area contributed by atoms with Crippen molar-refractivity contribution in [1.82, 2.24) is 9.88 Å². The van der Waals surface area contributed by atoms with Gasteiger partial charge in [-0.15, -0.1) is 0 Å². The van der Waals surface area contributed by atoms with Crippen LogP contribution in [0.4, 0.5) is 0 Å². The third-order valence-electron chi connectivity index (χ3n) is 2.83. The van der Waals surface area contributed by atoms with Gasteiger partial charge < -0.3 is 4.90 Å². The van der Waals surface area contributed by atoms with Gasteiger partial charge in [0.1, 0.15) is 0 Å². The Labute approximate surface area is 103 Å². The number of benzene rings is 1. The molecule has 2 aromatic rings. The second-order valence-electron chi connectivity index (χ2n) is 5.08. The molecule has 2 nitrogen and oxygen atoms in total. The van der Waals surface area contributed by atoms with Gasteiger partial charge in [0.2, 0.25) is 0 Å². The second-order valence-corrected chi connectivity index (χ2v) is 5.08. The number of fused-ring (bicyclic) bond motifs is 1. The summed E-state index contributed by atoms with van der Waals surface area (Å²) in [7, 11) is 2.17. The molecule has 0 amide bonds. The lowest BCUT2D eigenvalue weighted by molar-refractivity contribution is 0.289. The van der Waals surface area contributed by atoms with E-state index in [1.165, 1.54) is 10.9 Å². The van der Waals surface area contributed by atoms with Crippen LogP contribution in [0.2, 0.25) is 0 Å². The lowest BCUT2D eigenvalue weighted by Crippen LogP contribution is -2.22. The standard InChI is InChI=1S/C15H20N2/c1-12(2)10-17(3)11-14-7-4-6-13-8-5-9-16-15(13)14/h4-9,12H,10-11H2,1-3H3. The zero-order valence-electron chi connectivity index (χ0n) is 10.9. The molecule has 2 heteroatoms. The van der Waals surface area contributed by atoms with E-state index in [4.69, 9.17) is 0 Å². The van der Waals surface area contributed by atoms with E-state index < -0.39 is 0 Å². The van der Waals surface area contributed by atoms with Crippen LogP contribution in [0.1, 0.15) is 19.4 Å². The zero-order chi connectivity index (χ0) is 12.3. The molecule has 0 aliphatic heterocycles. The van der Waals surface area contributed by atoms with E-state index in [0.29, 0.717) is 5.92 Å². The number of para-hydroxylation sites is 1. The molecule has 0 saturated carbocycles. The molecule has 0 aliphatic rings. The Balaban J connectivity index is 2.24. The first-order chi connectivity index (χ1) is 8.16. The van der Waals surface area contributed by atoms with Crippen LogP contribution in [-0.2, 0) is 6.54 Å². The summed E-state index contributed by atoms with van der Waals surface area (Å²) in [6.45, 7) is 6.57. The average Bonchev–Trinajstić information content (AvgIpc) is 2.28. The molecule has 1 aromatic carbocycles. The van der Waals surface area contributed by atoms with Gasteiger partial charge in [-0.1, -0.05) is 38.1 Å². The molecule has 90 valence electrons. The minimum Gasteiger partial charge on any atom is -0.302 e. The molecule has 0 N–H and O–H groups in total. The Hall–Kier alpha value is -1.41. The Morgan fingerprint density at radius 1 is 1.18 bits per heavy atom. The normalized spacial score (nSPS) is 11.6. The Kier molecular flexibility index (Phi) is 3.75. The van der Waals surface area contributed by atoms with Crippen LogP contribution >= 0.6 is 0 Å². The van der Waals surface area contributed by atoms with Gasteiger partial charge in [-0.25, -0.2) is 0 Å². The topological polar surface area (TPSA) is 16.1 Å². The fourth-order valence-corrected chi connectivity index (χ4v) is 2.27. The highest BCUT2D eigenvalue weighted by atomic mass is 15.1. The molecule has 0 aliphatic carbocycles. The number of rotatable bonds is 4. The minimum atomic E-state index is 0.697. The Bertz CT molecular complexity index is 486. The summed E-state index contributed by atoms with van der Waals surface area (Å²) >= 11 is 0. The van der Waals surface area contributed by atoms with E-state index in [-0.39, 0.29) is 0 Å². The van der Waals surface area contributed by atoms with Crippen LogP contribution in [0.5, 0.6) is 0 Å². The van der Waals surface area contributed by atoms with E-state index in [0.717, 1.165) is 18.6 Å². The van der Waals surface area contributed by atoms with Gasteiger partial charge in [0, 0.05) is 24.7 Å². The van der Waals surface area contributed by atoms with Gasteiger partial charge in [0.15, 0.2) is 0 Å². The van der Waals surface area contributed by atoms with Crippen molar-refractivity contribution in [3.63, 3.8) is 0 Å². The lowest BCUT2D eigenvalue weighted by atomic mass is 10.1. The van der Waals surface area contributed by atoms with Crippen LogP contribution in [0, 0.1) is 5.92 Å². The highest BCUT2D eigenvalue weighted by Gasteiger charge is 2.06. The van der Waals surface area contributed by atoms with Gasteiger partial charge in [-0.3, -0.25) is 4.98 Å². The molecule has 2 rings (SSSR count). The van der Waals surface area contributed by atoms with Crippen LogP contribution in [0.25, 0.3) is 10.9 Å². The van der Waals surface area contributed by atoms with E-state index in [1.54, 1.807) is 0 Å². The maximum Gasteiger partial charge on any atom is 0.0746 e. The first-order valence-corrected chi connectivity index (χ1v) is 6.18. The van der Waals surface area contributed by atoms with Crippen molar-refractivity contribution < 1.29 is 0 Å². The lowest BCUT2D eigenvalue weighted by Gasteiger charge is -2.19. The van der Waals surface area contributed by atoms with E-state index in [2.05, 4.69) is 55.0 Å². The van der Waals surface area contributed by atoms with E-state index in [1.807, 2.05) is 12.3 Å². The molecular weight excluding hydrogens is 208 g/mol. The maximum atomic E-state index is 4.49. The summed E-state index contributed by atoms with van der Waals surface area (Å²) < 4.78 is 0. The summed E-state index contributed by atoms with van der Waals surface area (Å²) in [4.78, 5) is 6.84. The molecule has 1 aromatic heterocycles. The van der Waals surface area contributed by atoms with Crippen molar-refractivity contribution in [2.45, 2.75) is 20.4 Å². The molecule has 0 fully saturated rings.